The van der Waals surface area contributed by atoms with Crippen LogP contribution in [0.15, 0.2) is 53.2 Å². The van der Waals surface area contributed by atoms with Crippen LogP contribution in [-0.2, 0) is 6.54 Å². The number of phenols is 2. The van der Waals surface area contributed by atoms with E-state index in [0.717, 1.165) is 6.54 Å². The van der Waals surface area contributed by atoms with Gasteiger partial charge in [0.15, 0.2) is 0 Å². The lowest BCUT2D eigenvalue weighted by Gasteiger charge is -2.38. The van der Waals surface area contributed by atoms with Crippen LogP contribution in [0.25, 0.3) is 0 Å². The minimum Gasteiger partial charge on any atom is -0.507 e. The monoisotopic (exact) mass is 398 g/mol. The maximum Gasteiger partial charge on any atom is 0.215 e. The number of benzene rings is 2. The summed E-state index contributed by atoms with van der Waals surface area (Å²) in [4.78, 5) is 29.7. The van der Waals surface area contributed by atoms with Crippen LogP contribution < -0.4 is 0 Å². The minimum atomic E-state index is -0.647. The van der Waals surface area contributed by atoms with E-state index in [0.29, 0.717) is 26.2 Å². The van der Waals surface area contributed by atoms with Crippen LogP contribution in [0.2, 0.25) is 0 Å². The molecule has 1 aliphatic heterocycles. The normalized spacial score (nSPS) is 17.8. The summed E-state index contributed by atoms with van der Waals surface area (Å²) in [5.41, 5.74) is 0.892. The number of carbonyl (C=O) groups excluding carboxylic acids is 2. The number of halogens is 1. The smallest absolute Gasteiger partial charge is 0.215 e. The molecule has 0 spiro atoms. The number of fused-ring (bicyclic) bond motifs is 1. The largest absolute Gasteiger partial charge is 0.507 e. The summed E-state index contributed by atoms with van der Waals surface area (Å²) in [6.07, 6.45) is 0. The molecule has 0 atom stereocenters. The number of nitrogens with zero attached hydrogens (tertiary/aromatic N) is 2. The summed E-state index contributed by atoms with van der Waals surface area (Å²) in [5.74, 6) is -1.89. The second kappa shape index (κ2) is 7.30. The molecular weight excluding hydrogens is 380 g/mol. The number of allylic oxidation sites excluding steroid dienone is 2. The van der Waals surface area contributed by atoms with Crippen LogP contribution >= 0.6 is 11.6 Å². The molecule has 1 saturated heterocycles. The fraction of sp³-hybridized carbons (Fsp3) is 0.238. The lowest BCUT2D eigenvalue weighted by Crippen LogP contribution is -2.47. The molecule has 0 bridgehead atoms. The van der Waals surface area contributed by atoms with Crippen LogP contribution in [0.4, 0.5) is 0 Å². The van der Waals surface area contributed by atoms with Crippen LogP contribution in [0.3, 0.4) is 0 Å². The molecule has 0 saturated carbocycles. The Balaban J connectivity index is 1.55. The van der Waals surface area contributed by atoms with Crippen molar-refractivity contribution in [3.05, 3.63) is 69.9 Å². The van der Waals surface area contributed by atoms with Gasteiger partial charge < -0.3 is 15.1 Å². The summed E-state index contributed by atoms with van der Waals surface area (Å²) in [7, 11) is 0. The molecule has 0 radical (unpaired) electrons. The summed E-state index contributed by atoms with van der Waals surface area (Å²) in [5, 5.41) is 19.9. The zero-order valence-electron chi connectivity index (χ0n) is 15.1. The van der Waals surface area contributed by atoms with E-state index in [4.69, 9.17) is 11.6 Å². The standard InChI is InChI=1S/C21H19ClN2O4/c22-18-19(21(28)17-15(26)7-6-14(25)16(17)20(18)27)24-10-8-23(9-11-24)12-13-4-2-1-3-5-13/h1-7,25-26H,8-12H2. The van der Waals surface area contributed by atoms with Crippen LogP contribution in [0.1, 0.15) is 26.3 Å². The third-order valence-electron chi connectivity index (χ3n) is 5.18. The van der Waals surface area contributed by atoms with Crippen molar-refractivity contribution in [3.63, 3.8) is 0 Å². The van der Waals surface area contributed by atoms with Crippen molar-refractivity contribution < 1.29 is 19.8 Å². The van der Waals surface area contributed by atoms with Gasteiger partial charge in [0.2, 0.25) is 11.6 Å². The Bertz CT molecular complexity index is 979. The number of piperazine rings is 1. The fourth-order valence-electron chi connectivity index (χ4n) is 3.73. The summed E-state index contributed by atoms with van der Waals surface area (Å²) in [6, 6.07) is 12.5. The summed E-state index contributed by atoms with van der Waals surface area (Å²) in [6.45, 7) is 3.30. The Morgan fingerprint density at radius 3 is 2.00 bits per heavy atom. The average Bonchev–Trinajstić information content (AvgIpc) is 2.70. The van der Waals surface area contributed by atoms with Gasteiger partial charge in [0.1, 0.15) is 22.2 Å². The number of ketones is 2. The molecule has 1 fully saturated rings. The van der Waals surface area contributed by atoms with Crippen molar-refractivity contribution >= 4 is 23.2 Å². The number of aromatic hydroxyl groups is 2. The number of Topliss-reactive ketones (excluding diaryl/α,β-unsaturated/α-hetero) is 2. The third-order valence-corrected chi connectivity index (χ3v) is 5.53. The first-order chi connectivity index (χ1) is 13.5. The molecule has 144 valence electrons. The van der Waals surface area contributed by atoms with Gasteiger partial charge in [-0.3, -0.25) is 14.5 Å². The van der Waals surface area contributed by atoms with Gasteiger partial charge in [-0.2, -0.15) is 0 Å². The number of rotatable bonds is 3. The zero-order valence-corrected chi connectivity index (χ0v) is 15.8. The van der Waals surface area contributed by atoms with E-state index < -0.39 is 11.6 Å². The number of carbonyl (C=O) groups is 2. The quantitative estimate of drug-likeness (QED) is 0.774. The van der Waals surface area contributed by atoms with E-state index in [2.05, 4.69) is 17.0 Å². The molecule has 28 heavy (non-hydrogen) atoms. The van der Waals surface area contributed by atoms with Gasteiger partial charge in [0, 0.05) is 32.7 Å². The highest BCUT2D eigenvalue weighted by molar-refractivity contribution is 6.50. The lowest BCUT2D eigenvalue weighted by atomic mass is 9.90. The van der Waals surface area contributed by atoms with E-state index in [1.54, 1.807) is 4.90 Å². The topological polar surface area (TPSA) is 81.1 Å². The van der Waals surface area contributed by atoms with Crippen LogP contribution in [0.5, 0.6) is 11.5 Å². The zero-order chi connectivity index (χ0) is 19.8. The average molecular weight is 399 g/mol. The molecule has 1 aliphatic carbocycles. The van der Waals surface area contributed by atoms with Gasteiger partial charge in [-0.05, 0) is 17.7 Å². The molecule has 2 N–H and O–H groups in total. The molecule has 0 aromatic heterocycles. The Hall–Kier alpha value is -2.83. The van der Waals surface area contributed by atoms with Crippen LogP contribution in [-0.4, -0.2) is 57.8 Å². The predicted molar refractivity (Wildman–Crippen MR) is 105 cm³/mol. The van der Waals surface area contributed by atoms with E-state index in [-0.39, 0.29) is 33.4 Å². The molecule has 2 aromatic carbocycles. The van der Waals surface area contributed by atoms with E-state index >= 15 is 0 Å². The minimum absolute atomic E-state index is 0.0967. The highest BCUT2D eigenvalue weighted by Crippen LogP contribution is 2.39. The first-order valence-corrected chi connectivity index (χ1v) is 9.40. The number of hydrogen-bond acceptors (Lipinski definition) is 6. The van der Waals surface area contributed by atoms with Crippen molar-refractivity contribution in [2.75, 3.05) is 26.2 Å². The molecular formula is C21H19ClN2O4. The lowest BCUT2D eigenvalue weighted by molar-refractivity contribution is 0.0902. The first kappa shape index (κ1) is 18.5. The van der Waals surface area contributed by atoms with Gasteiger partial charge in [-0.1, -0.05) is 41.9 Å². The van der Waals surface area contributed by atoms with Gasteiger partial charge in [0.05, 0.1) is 11.1 Å². The van der Waals surface area contributed by atoms with Gasteiger partial charge >= 0.3 is 0 Å². The number of hydrogen-bond donors (Lipinski definition) is 2. The van der Waals surface area contributed by atoms with E-state index in [1.807, 2.05) is 18.2 Å². The maximum atomic E-state index is 13.0. The second-order valence-electron chi connectivity index (χ2n) is 6.92. The third kappa shape index (κ3) is 3.15. The van der Waals surface area contributed by atoms with Crippen LogP contribution in [0, 0.1) is 0 Å². The molecule has 4 rings (SSSR count). The Morgan fingerprint density at radius 1 is 0.821 bits per heavy atom. The molecule has 7 heteroatoms. The van der Waals surface area contributed by atoms with Crippen molar-refractivity contribution in [1.29, 1.82) is 0 Å². The van der Waals surface area contributed by atoms with Crippen molar-refractivity contribution in [3.8, 4) is 11.5 Å². The van der Waals surface area contributed by atoms with Gasteiger partial charge in [-0.15, -0.1) is 0 Å². The Labute approximate surface area is 167 Å². The highest BCUT2D eigenvalue weighted by Gasteiger charge is 2.39. The molecule has 6 nitrogen and oxygen atoms in total. The van der Waals surface area contributed by atoms with Crippen molar-refractivity contribution in [2.45, 2.75) is 6.54 Å². The fourth-order valence-corrected chi connectivity index (χ4v) is 4.03. The summed E-state index contributed by atoms with van der Waals surface area (Å²) < 4.78 is 0. The van der Waals surface area contributed by atoms with E-state index in [1.165, 1.54) is 17.7 Å². The molecule has 0 unspecified atom stereocenters. The predicted octanol–water partition coefficient (Wildman–Crippen LogP) is 2.75. The maximum absolute atomic E-state index is 13.0. The van der Waals surface area contributed by atoms with E-state index in [9.17, 15) is 19.8 Å². The molecule has 2 aliphatic rings. The molecule has 1 heterocycles. The Morgan fingerprint density at radius 2 is 1.39 bits per heavy atom. The Kier molecular flexibility index (Phi) is 4.83. The first-order valence-electron chi connectivity index (χ1n) is 9.02. The van der Waals surface area contributed by atoms with Gasteiger partial charge in [0.25, 0.3) is 0 Å². The van der Waals surface area contributed by atoms with Crippen molar-refractivity contribution in [2.24, 2.45) is 0 Å². The van der Waals surface area contributed by atoms with Gasteiger partial charge in [-0.25, -0.2) is 0 Å². The number of phenolic OH excluding ortho intramolecular Hbond substituents is 2. The summed E-state index contributed by atoms with van der Waals surface area (Å²) >= 11 is 6.24. The highest BCUT2D eigenvalue weighted by atomic mass is 35.5. The second-order valence-corrected chi connectivity index (χ2v) is 7.30. The van der Waals surface area contributed by atoms with Crippen molar-refractivity contribution in [1.82, 2.24) is 9.80 Å². The molecule has 0 amide bonds. The molecule has 2 aromatic rings. The SMILES string of the molecule is O=C1C(Cl)=C(N2CCN(Cc3ccccc3)CC2)C(=O)c2c(O)ccc(O)c21.